The Hall–Kier alpha value is -2.54. The van der Waals surface area contributed by atoms with Crippen LogP contribution < -0.4 is 5.56 Å². The van der Waals surface area contributed by atoms with Gasteiger partial charge >= 0.3 is 0 Å². The van der Waals surface area contributed by atoms with Crippen LogP contribution in [0.15, 0.2) is 29.3 Å². The van der Waals surface area contributed by atoms with Crippen LogP contribution in [0.4, 0.5) is 0 Å². The molecule has 6 rings (SSSR count). The van der Waals surface area contributed by atoms with Gasteiger partial charge in [0.1, 0.15) is 5.82 Å². The molecule has 7 heteroatoms. The first kappa shape index (κ1) is 20.1. The van der Waals surface area contributed by atoms with E-state index in [0.29, 0.717) is 30.8 Å². The number of hydrogen-bond donors (Lipinski definition) is 1. The quantitative estimate of drug-likeness (QED) is 0.801. The van der Waals surface area contributed by atoms with Crippen molar-refractivity contribution < 1.29 is 4.79 Å². The van der Waals surface area contributed by atoms with Crippen LogP contribution in [0.2, 0.25) is 0 Å². The molecule has 4 atom stereocenters. The molecule has 1 N–H and O–H groups in total. The number of nitrogens with zero attached hydrogens (tertiary/aromatic N) is 4. The maximum Gasteiger partial charge on any atom is 0.254 e. The molecule has 0 bridgehead atoms. The van der Waals surface area contributed by atoms with Crippen LogP contribution in [0.3, 0.4) is 0 Å². The lowest BCUT2D eigenvalue weighted by molar-refractivity contribution is -0.132. The predicted molar refractivity (Wildman–Crippen MR) is 120 cm³/mol. The summed E-state index contributed by atoms with van der Waals surface area (Å²) >= 11 is 0. The van der Waals surface area contributed by atoms with Gasteiger partial charge < -0.3 is 9.88 Å². The van der Waals surface area contributed by atoms with E-state index >= 15 is 0 Å². The molecule has 4 heterocycles. The van der Waals surface area contributed by atoms with Crippen LogP contribution in [0, 0.1) is 17.8 Å². The zero-order valence-electron chi connectivity index (χ0n) is 18.5. The van der Waals surface area contributed by atoms with Gasteiger partial charge in [0.25, 0.3) is 5.56 Å². The van der Waals surface area contributed by atoms with E-state index in [1.807, 2.05) is 29.4 Å². The van der Waals surface area contributed by atoms with E-state index in [1.165, 1.54) is 31.2 Å². The van der Waals surface area contributed by atoms with Gasteiger partial charge in [0.05, 0.1) is 5.69 Å². The topological polar surface area (TPSA) is 82.2 Å². The van der Waals surface area contributed by atoms with Crippen molar-refractivity contribution in [2.24, 2.45) is 17.8 Å². The van der Waals surface area contributed by atoms with Gasteiger partial charge in [-0.25, -0.2) is 4.98 Å². The average Bonchev–Trinajstić information content (AvgIpc) is 3.33. The second-order valence-corrected chi connectivity index (χ2v) is 10.1. The van der Waals surface area contributed by atoms with Gasteiger partial charge in [0.15, 0.2) is 0 Å². The molecule has 1 saturated heterocycles. The van der Waals surface area contributed by atoms with Crippen molar-refractivity contribution in [3.05, 3.63) is 57.5 Å². The Balaban J connectivity index is 1.15. The van der Waals surface area contributed by atoms with Crippen LogP contribution in [0.5, 0.6) is 0 Å². The molecule has 2 aromatic heterocycles. The zero-order valence-corrected chi connectivity index (χ0v) is 18.5. The third-order valence-corrected chi connectivity index (χ3v) is 8.15. The van der Waals surface area contributed by atoms with Crippen molar-refractivity contribution in [1.29, 1.82) is 0 Å². The Bertz CT molecular complexity index is 1060. The van der Waals surface area contributed by atoms with Gasteiger partial charge in [0.2, 0.25) is 5.91 Å². The molecule has 3 fully saturated rings. The summed E-state index contributed by atoms with van der Waals surface area (Å²) in [6.07, 6.45) is 10.3. The Morgan fingerprint density at radius 3 is 2.66 bits per heavy atom. The third-order valence-electron chi connectivity index (χ3n) is 8.15. The molecule has 7 nitrogen and oxygen atoms in total. The molecule has 1 unspecified atom stereocenters. The van der Waals surface area contributed by atoms with Gasteiger partial charge in [-0.1, -0.05) is 12.8 Å². The number of carbonyl (C=O) groups is 1. The Labute approximate surface area is 188 Å². The summed E-state index contributed by atoms with van der Waals surface area (Å²) in [5.41, 5.74) is 2.96. The molecular formula is C25H31N5O2. The minimum Gasteiger partial charge on any atom is -0.342 e. The van der Waals surface area contributed by atoms with E-state index in [0.717, 1.165) is 49.6 Å². The lowest BCUT2D eigenvalue weighted by Crippen LogP contribution is -2.36. The highest BCUT2D eigenvalue weighted by Crippen LogP contribution is 2.56. The third kappa shape index (κ3) is 3.66. The van der Waals surface area contributed by atoms with Crippen LogP contribution in [0.25, 0.3) is 0 Å². The summed E-state index contributed by atoms with van der Waals surface area (Å²) in [7, 11) is 0. The number of fused-ring (bicyclic) bond motifs is 2. The summed E-state index contributed by atoms with van der Waals surface area (Å²) in [6, 6.07) is 4.07. The highest BCUT2D eigenvalue weighted by atomic mass is 16.2. The fourth-order valence-corrected chi connectivity index (χ4v) is 6.34. The first-order valence-corrected chi connectivity index (χ1v) is 12.2. The second-order valence-electron chi connectivity index (χ2n) is 10.1. The Morgan fingerprint density at radius 2 is 1.88 bits per heavy atom. The summed E-state index contributed by atoms with van der Waals surface area (Å²) in [6.45, 7) is 3.86. The molecule has 1 amide bonds. The van der Waals surface area contributed by atoms with Crippen molar-refractivity contribution in [3.8, 4) is 0 Å². The number of aromatic nitrogens is 3. The molecule has 0 radical (unpaired) electrons. The number of amides is 1. The summed E-state index contributed by atoms with van der Waals surface area (Å²) in [5.74, 6) is 2.81. The average molecular weight is 434 g/mol. The predicted octanol–water partition coefficient (Wildman–Crippen LogP) is 2.48. The number of carbonyl (C=O) groups excluding carboxylic acids is 1. The number of nitrogens with one attached hydrogen (secondary N) is 1. The maximum atomic E-state index is 13.1. The van der Waals surface area contributed by atoms with Gasteiger partial charge in [-0.15, -0.1) is 0 Å². The molecule has 32 heavy (non-hydrogen) atoms. The highest BCUT2D eigenvalue weighted by molar-refractivity contribution is 5.82. The number of likely N-dealkylation sites (tertiary alicyclic amines) is 1. The molecular weight excluding hydrogens is 402 g/mol. The molecule has 2 aromatic rings. The van der Waals surface area contributed by atoms with E-state index in [2.05, 4.69) is 14.9 Å². The normalized spacial score (nSPS) is 29.4. The number of H-pyrrole nitrogens is 1. The molecule has 2 saturated carbocycles. The zero-order chi connectivity index (χ0) is 21.7. The minimum atomic E-state index is 0.00607. The first-order valence-electron chi connectivity index (χ1n) is 12.2. The van der Waals surface area contributed by atoms with Crippen LogP contribution in [0.1, 0.15) is 60.7 Å². The molecule has 2 aliphatic carbocycles. The lowest BCUT2D eigenvalue weighted by atomic mass is 10.0. The SMILES string of the molecule is O=C(C1[C@H]2CCCC[C@@H]12)N1CC[C@@H](c2nc3c(c(=O)[nH]2)CCN(Cc2ccncc2)C3)C1. The summed E-state index contributed by atoms with van der Waals surface area (Å²) in [5, 5.41) is 0. The fourth-order valence-electron chi connectivity index (χ4n) is 6.34. The fraction of sp³-hybridized carbons (Fsp3) is 0.600. The van der Waals surface area contributed by atoms with Crippen molar-refractivity contribution in [2.75, 3.05) is 19.6 Å². The maximum absolute atomic E-state index is 13.1. The number of pyridine rings is 1. The second kappa shape index (κ2) is 8.10. The van der Waals surface area contributed by atoms with Crippen molar-refractivity contribution in [3.63, 3.8) is 0 Å². The number of aromatic amines is 1. The smallest absolute Gasteiger partial charge is 0.254 e. The lowest BCUT2D eigenvalue weighted by Gasteiger charge is -2.28. The van der Waals surface area contributed by atoms with E-state index in [-0.39, 0.29) is 17.4 Å². The Morgan fingerprint density at radius 1 is 1.09 bits per heavy atom. The Kier molecular flexibility index (Phi) is 5.09. The van der Waals surface area contributed by atoms with Gasteiger partial charge in [-0.05, 0) is 55.2 Å². The van der Waals surface area contributed by atoms with Crippen molar-refractivity contribution in [1.82, 2.24) is 24.8 Å². The van der Waals surface area contributed by atoms with E-state index in [9.17, 15) is 9.59 Å². The van der Waals surface area contributed by atoms with Crippen LogP contribution in [-0.2, 0) is 24.3 Å². The summed E-state index contributed by atoms with van der Waals surface area (Å²) in [4.78, 5) is 42.4. The standard InChI is InChI=1S/C25H31N5O2/c31-24-20-8-11-29(13-16-5-9-26-10-6-16)15-21(20)27-23(28-24)17-7-12-30(14-17)25(32)22-18-3-1-2-4-19(18)22/h5-6,9-10,17-19,22H,1-4,7-8,11-15H2,(H,27,28,31)/t17-,18-,19+,22?/m1/s1. The van der Waals surface area contributed by atoms with Gasteiger partial charge in [0, 0.05) is 62.5 Å². The van der Waals surface area contributed by atoms with Crippen LogP contribution in [-0.4, -0.2) is 50.3 Å². The number of hydrogen-bond acceptors (Lipinski definition) is 5. The van der Waals surface area contributed by atoms with Crippen LogP contribution >= 0.6 is 0 Å². The van der Waals surface area contributed by atoms with Crippen molar-refractivity contribution >= 4 is 5.91 Å². The highest BCUT2D eigenvalue weighted by Gasteiger charge is 2.56. The monoisotopic (exact) mass is 433 g/mol. The van der Waals surface area contributed by atoms with E-state index in [4.69, 9.17) is 4.98 Å². The molecule has 0 spiro atoms. The molecule has 0 aromatic carbocycles. The van der Waals surface area contributed by atoms with E-state index in [1.54, 1.807) is 0 Å². The first-order chi connectivity index (χ1) is 15.7. The minimum absolute atomic E-state index is 0.00607. The van der Waals surface area contributed by atoms with Crippen molar-refractivity contribution in [2.45, 2.75) is 57.5 Å². The molecule has 168 valence electrons. The summed E-state index contributed by atoms with van der Waals surface area (Å²) < 4.78 is 0. The van der Waals surface area contributed by atoms with Gasteiger partial charge in [-0.2, -0.15) is 0 Å². The largest absolute Gasteiger partial charge is 0.342 e. The van der Waals surface area contributed by atoms with E-state index < -0.39 is 0 Å². The number of rotatable bonds is 4. The molecule has 4 aliphatic rings. The van der Waals surface area contributed by atoms with Gasteiger partial charge in [-0.3, -0.25) is 19.5 Å². The molecule has 2 aliphatic heterocycles.